The summed E-state index contributed by atoms with van der Waals surface area (Å²) in [6.45, 7) is 4.34. The molecule has 3 aliphatic rings. The molecule has 0 radical (unpaired) electrons. The number of nitrogens with two attached hydrogens (primary N) is 1. The maximum atomic E-state index is 15.5. The van der Waals surface area contributed by atoms with E-state index in [2.05, 4.69) is 4.98 Å². The number of likely N-dealkylation sites (tertiary alicyclic amines) is 1. The van der Waals surface area contributed by atoms with Crippen molar-refractivity contribution in [3.05, 3.63) is 31.4 Å². The number of nitrogens with one attached hydrogen (secondary N) is 1. The zero-order valence-electron chi connectivity index (χ0n) is 16.6. The van der Waals surface area contributed by atoms with Gasteiger partial charge in [0.25, 0.3) is 5.56 Å². The summed E-state index contributed by atoms with van der Waals surface area (Å²) in [5.74, 6) is -0.129. The Labute approximate surface area is 165 Å². The van der Waals surface area contributed by atoms with Gasteiger partial charge in [-0.25, -0.2) is 18.0 Å². The van der Waals surface area contributed by atoms with Gasteiger partial charge in [-0.1, -0.05) is 0 Å². The van der Waals surface area contributed by atoms with E-state index in [1.54, 1.807) is 18.4 Å². The Morgan fingerprint density at radius 1 is 1.17 bits per heavy atom. The Hall–Kier alpha value is -1.87. The van der Waals surface area contributed by atoms with Gasteiger partial charge in [0.05, 0.1) is 16.6 Å². The number of fused-ring (bicyclic) bond motifs is 1. The van der Waals surface area contributed by atoms with Crippen LogP contribution in [0.5, 0.6) is 0 Å². The van der Waals surface area contributed by atoms with Gasteiger partial charge in [0, 0.05) is 25.0 Å². The second kappa shape index (κ2) is 7.43. The van der Waals surface area contributed by atoms with E-state index in [0.29, 0.717) is 36.0 Å². The van der Waals surface area contributed by atoms with E-state index in [-0.39, 0.29) is 23.6 Å². The predicted molar refractivity (Wildman–Crippen MR) is 104 cm³/mol. The highest BCUT2D eigenvalue weighted by Gasteiger charge is 2.40. The van der Waals surface area contributed by atoms with E-state index in [0.717, 1.165) is 12.8 Å². The van der Waals surface area contributed by atoms with Gasteiger partial charge in [-0.15, -0.1) is 0 Å². The van der Waals surface area contributed by atoms with Gasteiger partial charge in [0.1, 0.15) is 6.17 Å². The molecule has 3 N–H and O–H groups in total. The molecule has 4 rings (SSSR count). The maximum Gasteiger partial charge on any atom is 0.329 e. The van der Waals surface area contributed by atoms with Crippen molar-refractivity contribution in [3.63, 3.8) is 0 Å². The summed E-state index contributed by atoms with van der Waals surface area (Å²) in [6.07, 6.45) is -1.90. The number of rotatable bonds is 5. The molecule has 0 amide bonds. The Morgan fingerprint density at radius 2 is 1.86 bits per heavy atom. The maximum absolute atomic E-state index is 15.5. The first-order valence-electron chi connectivity index (χ1n) is 10.2. The van der Waals surface area contributed by atoms with Crippen molar-refractivity contribution in [2.75, 3.05) is 13.1 Å². The Bertz CT molecular complexity index is 1040. The minimum atomic E-state index is -2.46. The zero-order chi connectivity index (χ0) is 21.0. The highest BCUT2D eigenvalue weighted by molar-refractivity contribution is 5.62. The van der Waals surface area contributed by atoms with Crippen LogP contribution in [-0.2, 0) is 0 Å². The fourth-order valence-corrected chi connectivity index (χ4v) is 4.99. The first-order valence-corrected chi connectivity index (χ1v) is 10.2. The van der Waals surface area contributed by atoms with Crippen LogP contribution in [0.15, 0.2) is 9.59 Å². The second-order valence-electron chi connectivity index (χ2n) is 8.63. The molecule has 6 nitrogen and oxygen atoms in total. The van der Waals surface area contributed by atoms with Crippen molar-refractivity contribution in [1.29, 1.82) is 0 Å². The van der Waals surface area contributed by atoms with Crippen LogP contribution < -0.4 is 27.6 Å². The van der Waals surface area contributed by atoms with Crippen LogP contribution in [0.2, 0.25) is 0 Å². The lowest BCUT2D eigenvalue weighted by molar-refractivity contribution is 0.116. The molecule has 4 unspecified atom stereocenters. The summed E-state index contributed by atoms with van der Waals surface area (Å²) < 4.78 is 42.5. The quantitative estimate of drug-likeness (QED) is 0.726. The number of hydrogen-bond donors (Lipinski definition) is 2. The molecular formula is C20H27F3N4O2. The Morgan fingerprint density at radius 3 is 2.48 bits per heavy atom. The molecule has 0 spiro atoms. The van der Waals surface area contributed by atoms with Crippen LogP contribution in [0.25, 0.3) is 11.1 Å². The number of nitrogens with zero attached hydrogens (tertiary/aromatic N) is 2. The van der Waals surface area contributed by atoms with E-state index < -0.39 is 35.9 Å². The summed E-state index contributed by atoms with van der Waals surface area (Å²) in [6, 6.07) is -1.23. The second-order valence-corrected chi connectivity index (χ2v) is 8.63. The van der Waals surface area contributed by atoms with E-state index >= 15 is 4.39 Å². The SMILES string of the molecule is CC1=c2c(=O)[nH]c(=O)n(C3CC3)c2=C(C)C(N2CCC(C(N)CC(F)F)C2)C1F. The Kier molecular flexibility index (Phi) is 5.23. The van der Waals surface area contributed by atoms with Gasteiger partial charge < -0.3 is 5.73 Å². The third-order valence-electron chi connectivity index (χ3n) is 6.66. The first kappa shape index (κ1) is 20.4. The standard InChI is InChI=1S/C20H27F3N4O2/c1-9-15-17(27(12-3-4-12)20(29)25-19(15)28)10(2)18(16(9)23)26-6-5-11(8-26)13(24)7-14(21)22/h11-14,16,18H,3-8,24H2,1-2H3,(H,25,28,29). The van der Waals surface area contributed by atoms with Crippen molar-refractivity contribution >= 4 is 11.1 Å². The third-order valence-corrected chi connectivity index (χ3v) is 6.66. The number of H-pyrrole nitrogens is 1. The highest BCUT2D eigenvalue weighted by Crippen LogP contribution is 2.34. The van der Waals surface area contributed by atoms with Crippen molar-refractivity contribution in [3.8, 4) is 0 Å². The number of aromatic nitrogens is 2. The van der Waals surface area contributed by atoms with E-state index in [9.17, 15) is 18.4 Å². The molecule has 1 aliphatic heterocycles. The lowest BCUT2D eigenvalue weighted by atomic mass is 9.90. The van der Waals surface area contributed by atoms with Gasteiger partial charge in [0.15, 0.2) is 0 Å². The van der Waals surface area contributed by atoms with Gasteiger partial charge in [-0.05, 0) is 56.7 Å². The van der Waals surface area contributed by atoms with Crippen molar-refractivity contribution in [1.82, 2.24) is 14.5 Å². The average Bonchev–Trinajstić information content (AvgIpc) is 3.35. The smallest absolute Gasteiger partial charge is 0.327 e. The van der Waals surface area contributed by atoms with Crippen LogP contribution in [0.4, 0.5) is 13.2 Å². The van der Waals surface area contributed by atoms with Gasteiger partial charge in [-0.3, -0.25) is 19.2 Å². The number of hydrogen-bond acceptors (Lipinski definition) is 4. The molecule has 0 aromatic carbocycles. The van der Waals surface area contributed by atoms with Crippen molar-refractivity contribution < 1.29 is 13.2 Å². The van der Waals surface area contributed by atoms with Crippen molar-refractivity contribution in [2.24, 2.45) is 11.7 Å². The summed E-state index contributed by atoms with van der Waals surface area (Å²) in [4.78, 5) is 29.2. The predicted octanol–water partition coefficient (Wildman–Crippen LogP) is 0.237. The highest BCUT2D eigenvalue weighted by atomic mass is 19.3. The average molecular weight is 412 g/mol. The number of halogens is 3. The van der Waals surface area contributed by atoms with Crippen LogP contribution >= 0.6 is 0 Å². The fourth-order valence-electron chi connectivity index (χ4n) is 4.99. The summed E-state index contributed by atoms with van der Waals surface area (Å²) >= 11 is 0. The lowest BCUT2D eigenvalue weighted by Crippen LogP contribution is -2.61. The molecule has 1 saturated heterocycles. The van der Waals surface area contributed by atoms with Crippen LogP contribution in [0.1, 0.15) is 45.6 Å². The van der Waals surface area contributed by atoms with Gasteiger partial charge in [0.2, 0.25) is 6.43 Å². The normalized spacial score (nSPS) is 28.9. The zero-order valence-corrected chi connectivity index (χ0v) is 16.6. The van der Waals surface area contributed by atoms with E-state index in [4.69, 9.17) is 5.73 Å². The minimum Gasteiger partial charge on any atom is -0.327 e. The first-order chi connectivity index (χ1) is 13.7. The molecule has 9 heteroatoms. The molecule has 1 aromatic heterocycles. The molecule has 2 heterocycles. The lowest BCUT2D eigenvalue weighted by Gasteiger charge is -2.35. The molecule has 2 aliphatic carbocycles. The minimum absolute atomic E-state index is 0.0263. The van der Waals surface area contributed by atoms with Crippen LogP contribution in [-0.4, -0.2) is 52.2 Å². The summed E-state index contributed by atoms with van der Waals surface area (Å²) in [5.41, 5.74) is 5.90. The summed E-state index contributed by atoms with van der Waals surface area (Å²) in [7, 11) is 0. The summed E-state index contributed by atoms with van der Waals surface area (Å²) in [5, 5.41) is 0.779. The van der Waals surface area contributed by atoms with Gasteiger partial charge in [-0.2, -0.15) is 0 Å². The molecule has 1 saturated carbocycles. The fraction of sp³-hybridized carbons (Fsp3) is 0.700. The Balaban J connectivity index is 1.77. The van der Waals surface area contributed by atoms with Crippen LogP contribution in [0.3, 0.4) is 0 Å². The molecule has 1 aromatic rings. The third kappa shape index (κ3) is 3.48. The molecule has 29 heavy (non-hydrogen) atoms. The van der Waals surface area contributed by atoms with Crippen molar-refractivity contribution in [2.45, 2.75) is 70.3 Å². The molecule has 0 bridgehead atoms. The molecule has 2 fully saturated rings. The van der Waals surface area contributed by atoms with E-state index in [1.807, 2.05) is 4.90 Å². The molecular weight excluding hydrogens is 385 g/mol. The van der Waals surface area contributed by atoms with Gasteiger partial charge >= 0.3 is 5.69 Å². The number of alkyl halides is 3. The number of aromatic amines is 1. The molecule has 160 valence electrons. The largest absolute Gasteiger partial charge is 0.329 e. The van der Waals surface area contributed by atoms with Crippen LogP contribution in [0, 0.1) is 5.92 Å². The topological polar surface area (TPSA) is 84.1 Å². The monoisotopic (exact) mass is 412 g/mol. The molecule has 4 atom stereocenters. The van der Waals surface area contributed by atoms with E-state index in [1.165, 1.54) is 0 Å².